The molecule has 0 fully saturated rings. The number of rotatable bonds is 35. The molecule has 8 aromatic heterocycles. The Morgan fingerprint density at radius 3 is 1.17 bits per heavy atom. The maximum Gasteiger partial charge on any atom is 0.303 e. The minimum Gasteiger partial charge on any atom is -0.481 e. The summed E-state index contributed by atoms with van der Waals surface area (Å²) in [5, 5.41) is 35.9. The Morgan fingerprint density at radius 2 is 0.804 bits per heavy atom. The van der Waals surface area contributed by atoms with Crippen LogP contribution in [0.15, 0.2) is 60.7 Å². The standard InChI is InChI=1S/C20H20O4S3.C19H21NO2S3.C18H28O4S.C14H22O2S/c1-12-3-5-16(25-12)20-15(4-6-19(22)23)10-18(27-20)17-9-14(13(2)26-17)7-8-24-11-21;1-12-3-4-16(23-12)19-15(5-7-20)10-18(25-19)17-9-14(13(2)24-17)6-8-22-11-21;1-4-14(10-17(19)20)9-15(11-18(21)22)6-5-7-16-8-12(2)23-13(16)3;1-4-12(9-14(15)16)6-5-7-13-8-10(2)17-11(13)3/h3,5,9-11H,4,6-8H2,1-2H3,(H,22,23);3-4,9-11H,5-8,20H2,1-2H3;8,14-15H,4-7,9-11H2,1-3H3,(H,19,20)(H,21,22);8,12H,4-7,9H2,1-3H3,(H,15,16). The molecule has 0 aliphatic heterocycles. The van der Waals surface area contributed by atoms with Gasteiger partial charge in [0.05, 0.1) is 13.2 Å². The van der Waals surface area contributed by atoms with Gasteiger partial charge in [-0.2, -0.15) is 0 Å². The first kappa shape index (κ1) is 77.1. The molecule has 0 amide bonds. The molecule has 0 aliphatic carbocycles. The maximum absolute atomic E-state index is 11.1. The molecule has 8 aromatic rings. The van der Waals surface area contributed by atoms with Crippen molar-refractivity contribution in [1.82, 2.24) is 0 Å². The molecular weight excluding hydrogens is 1320 g/mol. The van der Waals surface area contributed by atoms with E-state index in [2.05, 4.69) is 123 Å². The van der Waals surface area contributed by atoms with Crippen molar-refractivity contribution in [2.75, 3.05) is 19.8 Å². The van der Waals surface area contributed by atoms with E-state index in [0.29, 0.717) is 64.3 Å². The predicted molar refractivity (Wildman–Crippen MR) is 387 cm³/mol. The van der Waals surface area contributed by atoms with Crippen LogP contribution in [0.25, 0.3) is 39.0 Å². The number of thiophene rings is 8. The number of hydrogen-bond donors (Lipinski definition) is 5. The lowest BCUT2D eigenvalue weighted by molar-refractivity contribution is -0.139. The Hall–Kier alpha value is -5.62. The van der Waals surface area contributed by atoms with E-state index in [4.69, 9.17) is 35.6 Å². The number of carboxylic acid groups (broad SMARTS) is 4. The third-order valence-corrected chi connectivity index (χ3v) is 25.1. The van der Waals surface area contributed by atoms with E-state index in [-0.39, 0.29) is 31.1 Å². The van der Waals surface area contributed by atoms with Gasteiger partial charge in [-0.15, -0.1) is 90.7 Å². The van der Waals surface area contributed by atoms with E-state index in [1.54, 1.807) is 56.7 Å². The minimum absolute atomic E-state index is 0.0665. The molecule has 21 heteroatoms. The van der Waals surface area contributed by atoms with E-state index in [9.17, 15) is 28.8 Å². The fraction of sp³-hybridized carbons (Fsp3) is 0.465. The maximum atomic E-state index is 11.1. The number of carbonyl (C=O) groups is 6. The van der Waals surface area contributed by atoms with Crippen LogP contribution in [0.5, 0.6) is 0 Å². The highest BCUT2D eigenvalue weighted by atomic mass is 32.1. The van der Waals surface area contributed by atoms with Crippen LogP contribution in [0.1, 0.15) is 157 Å². The highest BCUT2D eigenvalue weighted by Gasteiger charge is 2.22. The molecule has 3 unspecified atom stereocenters. The molecule has 0 aromatic carbocycles. The second-order valence-corrected chi connectivity index (χ2v) is 33.2. The minimum atomic E-state index is -0.796. The molecule has 0 saturated heterocycles. The summed E-state index contributed by atoms with van der Waals surface area (Å²) in [5.74, 6) is -2.55. The third kappa shape index (κ3) is 25.9. The molecule has 13 nitrogen and oxygen atoms in total. The molecule has 8 heterocycles. The largest absolute Gasteiger partial charge is 0.481 e. The Bertz CT molecular complexity index is 3600. The van der Waals surface area contributed by atoms with Gasteiger partial charge in [0.2, 0.25) is 0 Å². The summed E-state index contributed by atoms with van der Waals surface area (Å²) in [7, 11) is 0. The summed E-state index contributed by atoms with van der Waals surface area (Å²) in [6, 6.07) is 21.9. The Balaban J connectivity index is 0.000000225. The number of carbonyl (C=O) groups excluding carboxylic acids is 2. The molecule has 92 heavy (non-hydrogen) atoms. The van der Waals surface area contributed by atoms with Crippen molar-refractivity contribution in [3.8, 4) is 39.0 Å². The molecule has 500 valence electrons. The lowest BCUT2D eigenvalue weighted by Crippen LogP contribution is -2.16. The normalized spacial score (nSPS) is 11.9. The summed E-state index contributed by atoms with van der Waals surface area (Å²) in [6.45, 7) is 23.5. The van der Waals surface area contributed by atoms with Gasteiger partial charge in [0.15, 0.2) is 0 Å². The van der Waals surface area contributed by atoms with E-state index >= 15 is 0 Å². The lowest BCUT2D eigenvalue weighted by atomic mass is 9.85. The first-order chi connectivity index (χ1) is 43.9. The average Bonchev–Trinajstić information content (AvgIpc) is 1.69. The van der Waals surface area contributed by atoms with Gasteiger partial charge in [-0.1, -0.05) is 26.7 Å². The third-order valence-electron chi connectivity index (χ3n) is 15.8. The van der Waals surface area contributed by atoms with E-state index in [0.717, 1.165) is 74.6 Å². The van der Waals surface area contributed by atoms with Gasteiger partial charge < -0.3 is 35.6 Å². The fourth-order valence-electron chi connectivity index (χ4n) is 11.0. The predicted octanol–water partition coefficient (Wildman–Crippen LogP) is 19.5. The first-order valence-corrected chi connectivity index (χ1v) is 37.8. The molecule has 6 N–H and O–H groups in total. The Labute approximate surface area is 575 Å². The van der Waals surface area contributed by atoms with Crippen LogP contribution in [-0.2, 0) is 76.8 Å². The summed E-state index contributed by atoms with van der Waals surface area (Å²) < 4.78 is 9.65. The number of carboxylic acids is 4. The van der Waals surface area contributed by atoms with Crippen LogP contribution >= 0.6 is 90.7 Å². The monoisotopic (exact) mass is 1410 g/mol. The van der Waals surface area contributed by atoms with Gasteiger partial charge in [-0.05, 0) is 232 Å². The zero-order valence-corrected chi connectivity index (χ0v) is 61.2. The van der Waals surface area contributed by atoms with Crippen LogP contribution in [0.4, 0.5) is 0 Å². The van der Waals surface area contributed by atoms with Crippen molar-refractivity contribution < 1.29 is 58.7 Å². The Kier molecular flexibility index (Phi) is 33.5. The smallest absolute Gasteiger partial charge is 0.303 e. The number of aryl methyl sites for hydroxylation is 11. The number of hydrogen-bond acceptors (Lipinski definition) is 17. The van der Waals surface area contributed by atoms with Crippen LogP contribution in [0.3, 0.4) is 0 Å². The lowest BCUT2D eigenvalue weighted by Gasteiger charge is -2.20. The van der Waals surface area contributed by atoms with Gasteiger partial charge in [-0.25, -0.2) is 0 Å². The van der Waals surface area contributed by atoms with Crippen LogP contribution in [0.2, 0.25) is 0 Å². The van der Waals surface area contributed by atoms with E-state index in [1.807, 2.05) is 40.9 Å². The average molecular weight is 1410 g/mol. The molecule has 3 atom stereocenters. The molecule has 8 rings (SSSR count). The zero-order valence-electron chi connectivity index (χ0n) is 54.7. The number of aliphatic carboxylic acids is 4. The van der Waals surface area contributed by atoms with Crippen LogP contribution in [-0.4, -0.2) is 77.0 Å². The van der Waals surface area contributed by atoms with Crippen molar-refractivity contribution in [2.24, 2.45) is 23.5 Å². The number of nitrogens with two attached hydrogens (primary N) is 1. The number of ether oxygens (including phenoxy) is 2. The van der Waals surface area contributed by atoms with Crippen molar-refractivity contribution in [1.29, 1.82) is 0 Å². The zero-order chi connectivity index (χ0) is 67.4. The molecule has 0 spiro atoms. The second kappa shape index (κ2) is 39.9. The van der Waals surface area contributed by atoms with Gasteiger partial charge in [0, 0.05) is 117 Å². The van der Waals surface area contributed by atoms with Crippen LogP contribution in [0, 0.1) is 73.1 Å². The highest BCUT2D eigenvalue weighted by molar-refractivity contribution is 7.27. The van der Waals surface area contributed by atoms with Crippen LogP contribution < -0.4 is 5.73 Å². The fourth-order valence-corrected chi connectivity index (χ4v) is 19.7. The van der Waals surface area contributed by atoms with E-state index < -0.39 is 23.9 Å². The summed E-state index contributed by atoms with van der Waals surface area (Å²) >= 11 is 14.3. The second-order valence-electron chi connectivity index (χ2n) is 23.1. The molecule has 0 aliphatic rings. The molecule has 0 saturated carbocycles. The van der Waals surface area contributed by atoms with Gasteiger partial charge in [-0.3, -0.25) is 28.8 Å². The summed E-state index contributed by atoms with van der Waals surface area (Å²) in [5.41, 5.74) is 13.5. The van der Waals surface area contributed by atoms with Crippen molar-refractivity contribution in [2.45, 2.75) is 178 Å². The molecule has 0 bridgehead atoms. The highest BCUT2D eigenvalue weighted by Crippen LogP contribution is 2.46. The SMILES string of the molecule is CCC(CC(=O)O)CC(CCCc1cc(C)sc1C)CC(=O)O.CCC(CCCc1cc(C)sc1C)CC(=O)O.Cc1ccc(-c2sc(-c3cc(CCOC=O)c(C)s3)cc2CCC(=O)O)s1.Cc1ccc(-c2sc(-c3cc(CCOC=O)c(C)s3)cc2CCN)s1. The quantitative estimate of drug-likeness (QED) is 0.0184. The summed E-state index contributed by atoms with van der Waals surface area (Å²) in [6.07, 6.45) is 12.0. The van der Waals surface area contributed by atoms with Crippen molar-refractivity contribution >= 4 is 128 Å². The topological polar surface area (TPSA) is 228 Å². The van der Waals surface area contributed by atoms with E-state index in [1.165, 1.54) is 101 Å². The van der Waals surface area contributed by atoms with Crippen molar-refractivity contribution in [3.05, 3.63) is 133 Å². The Morgan fingerprint density at radius 1 is 0.424 bits per heavy atom. The van der Waals surface area contributed by atoms with Crippen molar-refractivity contribution in [3.63, 3.8) is 0 Å². The van der Waals surface area contributed by atoms with Gasteiger partial charge in [0.1, 0.15) is 0 Å². The summed E-state index contributed by atoms with van der Waals surface area (Å²) in [4.78, 5) is 84.8. The first-order valence-electron chi connectivity index (χ1n) is 31.3. The van der Waals surface area contributed by atoms with Gasteiger partial charge in [0.25, 0.3) is 12.9 Å². The van der Waals surface area contributed by atoms with Gasteiger partial charge >= 0.3 is 23.9 Å². The molecular formula is C71H91NO12S8. The molecule has 0 radical (unpaired) electrons.